The van der Waals surface area contributed by atoms with Gasteiger partial charge in [-0.05, 0) is 18.1 Å². The van der Waals surface area contributed by atoms with Gasteiger partial charge in [-0.15, -0.1) is 0 Å². The summed E-state index contributed by atoms with van der Waals surface area (Å²) in [6, 6.07) is 31.1. The predicted molar refractivity (Wildman–Crippen MR) is 126 cm³/mol. The number of nitrogens with zero attached hydrogens (tertiary/aromatic N) is 4. The van der Waals surface area contributed by atoms with Crippen LogP contribution in [0.15, 0.2) is 116 Å². The quantitative estimate of drug-likeness (QED) is 0.368. The summed E-state index contributed by atoms with van der Waals surface area (Å²) in [5.41, 5.74) is 3.75. The van der Waals surface area contributed by atoms with Crippen LogP contribution in [0.1, 0.15) is 17.0 Å². The van der Waals surface area contributed by atoms with Crippen LogP contribution in [0.3, 0.4) is 0 Å². The maximum absolute atomic E-state index is 4.45. The first-order valence-corrected chi connectivity index (χ1v) is 10.4. The molecule has 0 spiro atoms. The van der Waals surface area contributed by atoms with Crippen LogP contribution < -0.4 is 0 Å². The molecule has 0 aliphatic heterocycles. The smallest absolute Gasteiger partial charge is 0.140 e. The molecule has 0 fully saturated rings. The van der Waals surface area contributed by atoms with Crippen LogP contribution in [0.25, 0.3) is 11.4 Å². The number of hydrogen-bond donors (Lipinski definition) is 0. The molecule has 0 radical (unpaired) electrons. The highest BCUT2D eigenvalue weighted by Gasteiger charge is 2.05. The van der Waals surface area contributed by atoms with Crippen molar-refractivity contribution in [3.63, 3.8) is 0 Å². The fourth-order valence-electron chi connectivity index (χ4n) is 3.42. The second-order valence-corrected chi connectivity index (χ2v) is 7.32. The lowest BCUT2D eigenvalue weighted by Gasteiger charge is -2.07. The third-order valence-corrected chi connectivity index (χ3v) is 5.06. The van der Waals surface area contributed by atoms with Crippen molar-refractivity contribution in [2.24, 2.45) is 0 Å². The van der Waals surface area contributed by atoms with Crippen LogP contribution in [-0.4, -0.2) is 19.1 Å². The highest BCUT2D eigenvalue weighted by atomic mass is 15.1. The molecule has 4 heteroatoms. The van der Waals surface area contributed by atoms with Crippen molar-refractivity contribution in [1.82, 2.24) is 19.1 Å². The van der Waals surface area contributed by atoms with Gasteiger partial charge in [-0.2, -0.15) is 0 Å². The first-order valence-electron chi connectivity index (χ1n) is 10.4. The highest BCUT2D eigenvalue weighted by molar-refractivity contribution is 5.55. The van der Waals surface area contributed by atoms with Gasteiger partial charge in [0.1, 0.15) is 11.6 Å². The monoisotopic (exact) mass is 406 g/mol. The molecule has 0 unspecified atom stereocenters. The molecule has 3 aromatic carbocycles. The fraction of sp³-hybridized carbons (Fsp3) is 0.111. The summed E-state index contributed by atoms with van der Waals surface area (Å²) in [5.74, 6) is 2.07. The van der Waals surface area contributed by atoms with Crippen molar-refractivity contribution < 1.29 is 0 Å². The molecular weight excluding hydrogens is 380 g/mol. The number of hydrogen-bond acceptors (Lipinski definition) is 2. The summed E-state index contributed by atoms with van der Waals surface area (Å²) in [7, 11) is 0. The molecule has 2 heterocycles. The molecule has 5 aromatic rings. The van der Waals surface area contributed by atoms with E-state index in [0.29, 0.717) is 0 Å². The molecule has 0 amide bonds. The predicted octanol–water partition coefficient (Wildman–Crippen LogP) is 5.84. The van der Waals surface area contributed by atoms with E-state index in [-0.39, 0.29) is 0 Å². The van der Waals surface area contributed by atoms with Crippen molar-refractivity contribution in [3.05, 3.63) is 133 Å². The van der Waals surface area contributed by atoms with Gasteiger partial charge in [0.15, 0.2) is 0 Å². The van der Waals surface area contributed by atoms with Gasteiger partial charge >= 0.3 is 0 Å². The molecule has 2 aromatic heterocycles. The highest BCUT2D eigenvalue weighted by Crippen LogP contribution is 2.18. The van der Waals surface area contributed by atoms with Crippen molar-refractivity contribution in [1.29, 1.82) is 0 Å². The zero-order chi connectivity index (χ0) is 21.3. The third kappa shape index (κ3) is 5.58. The normalized spacial score (nSPS) is 10.4. The minimum absolute atomic E-state index is 0.852. The second kappa shape index (κ2) is 10.2. The lowest BCUT2D eigenvalue weighted by molar-refractivity contribution is 0.762. The molecule has 4 nitrogen and oxygen atoms in total. The molecule has 31 heavy (non-hydrogen) atoms. The average molecular weight is 407 g/mol. The van der Waals surface area contributed by atoms with Crippen LogP contribution in [0.5, 0.6) is 0 Å². The van der Waals surface area contributed by atoms with E-state index >= 15 is 0 Å². The van der Waals surface area contributed by atoms with Crippen molar-refractivity contribution >= 4 is 0 Å². The van der Waals surface area contributed by atoms with Gasteiger partial charge in [-0.25, -0.2) is 9.97 Å². The van der Waals surface area contributed by atoms with Gasteiger partial charge in [0.2, 0.25) is 0 Å². The van der Waals surface area contributed by atoms with Gasteiger partial charge in [0.25, 0.3) is 0 Å². The Bertz CT molecular complexity index is 1180. The Morgan fingerprint density at radius 3 is 1.61 bits per heavy atom. The van der Waals surface area contributed by atoms with Gasteiger partial charge in [0.05, 0.1) is 0 Å². The number of benzene rings is 3. The molecule has 0 saturated heterocycles. The lowest BCUT2D eigenvalue weighted by atomic mass is 10.2. The van der Waals surface area contributed by atoms with Crippen molar-refractivity contribution in [2.75, 3.05) is 0 Å². The Balaban J connectivity index is 0.000000158. The minimum Gasteiger partial charge on any atom is -0.331 e. The fourth-order valence-corrected chi connectivity index (χ4v) is 3.42. The van der Waals surface area contributed by atoms with Crippen LogP contribution in [0.4, 0.5) is 0 Å². The Kier molecular flexibility index (Phi) is 6.71. The first kappa shape index (κ1) is 20.4. The largest absolute Gasteiger partial charge is 0.331 e. The molecule has 0 aliphatic rings. The third-order valence-electron chi connectivity index (χ3n) is 5.06. The Morgan fingerprint density at radius 2 is 1.06 bits per heavy atom. The average Bonchev–Trinajstić information content (AvgIpc) is 3.45. The minimum atomic E-state index is 0.852. The molecule has 0 aliphatic carbocycles. The summed E-state index contributed by atoms with van der Waals surface area (Å²) >= 11 is 0. The van der Waals surface area contributed by atoms with Gasteiger partial charge < -0.3 is 9.13 Å². The van der Waals surface area contributed by atoms with Crippen LogP contribution >= 0.6 is 0 Å². The Hall–Kier alpha value is -3.92. The van der Waals surface area contributed by atoms with Gasteiger partial charge in [0, 0.05) is 43.4 Å². The number of rotatable bonds is 5. The van der Waals surface area contributed by atoms with E-state index in [1.54, 1.807) is 0 Å². The summed E-state index contributed by atoms with van der Waals surface area (Å²) in [4.78, 5) is 8.62. The summed E-state index contributed by atoms with van der Waals surface area (Å²) in [6.45, 7) is 3.78. The molecule has 0 N–H and O–H groups in total. The van der Waals surface area contributed by atoms with Crippen LogP contribution in [0.2, 0.25) is 0 Å². The van der Waals surface area contributed by atoms with Crippen LogP contribution in [0, 0.1) is 6.92 Å². The van der Waals surface area contributed by atoms with Crippen molar-refractivity contribution in [2.45, 2.75) is 20.0 Å². The standard InChI is InChI=1S/C16H14N2.C11H12N2/c1-3-7-14(8-4-1)13-18-12-11-17-16(18)15-9-5-2-6-10-15;1-10-12-7-8-13(10)9-11-5-3-2-4-6-11/h1-12H,13H2;2-8H,9H2,1H3. The number of imidazole rings is 2. The molecule has 0 saturated carbocycles. The van der Waals surface area contributed by atoms with Crippen LogP contribution in [-0.2, 0) is 13.1 Å². The Labute approximate surface area is 183 Å². The van der Waals surface area contributed by atoms with E-state index < -0.39 is 0 Å². The summed E-state index contributed by atoms with van der Waals surface area (Å²) in [6.07, 6.45) is 7.71. The van der Waals surface area contributed by atoms with E-state index in [9.17, 15) is 0 Å². The summed E-state index contributed by atoms with van der Waals surface area (Å²) < 4.78 is 4.31. The topological polar surface area (TPSA) is 35.6 Å². The lowest BCUT2D eigenvalue weighted by Crippen LogP contribution is -2.00. The zero-order valence-electron chi connectivity index (χ0n) is 17.7. The molecule has 0 atom stereocenters. The first-order chi connectivity index (χ1) is 15.3. The Morgan fingerprint density at radius 1 is 0.581 bits per heavy atom. The molecule has 0 bridgehead atoms. The van der Waals surface area contributed by atoms with E-state index in [1.807, 2.05) is 62.0 Å². The SMILES string of the molecule is Cc1nccn1Cc1ccccc1.c1ccc(Cn2ccnc2-c2ccccc2)cc1. The summed E-state index contributed by atoms with van der Waals surface area (Å²) in [5, 5.41) is 0. The van der Waals surface area contributed by atoms with E-state index in [0.717, 1.165) is 30.3 Å². The van der Waals surface area contributed by atoms with Gasteiger partial charge in [-0.1, -0.05) is 91.0 Å². The van der Waals surface area contributed by atoms with E-state index in [1.165, 1.54) is 11.1 Å². The van der Waals surface area contributed by atoms with Crippen molar-refractivity contribution in [3.8, 4) is 11.4 Å². The number of aromatic nitrogens is 4. The number of aryl methyl sites for hydroxylation is 1. The maximum atomic E-state index is 4.45. The molecular formula is C27H26N4. The second-order valence-electron chi connectivity index (χ2n) is 7.32. The van der Waals surface area contributed by atoms with Gasteiger partial charge in [-0.3, -0.25) is 0 Å². The van der Waals surface area contributed by atoms with E-state index in [2.05, 4.69) is 79.8 Å². The van der Waals surface area contributed by atoms with E-state index in [4.69, 9.17) is 0 Å². The molecule has 5 rings (SSSR count). The zero-order valence-corrected chi connectivity index (χ0v) is 17.7. The molecule has 154 valence electrons. The maximum Gasteiger partial charge on any atom is 0.140 e.